The third-order valence-corrected chi connectivity index (χ3v) is 7.34. The monoisotopic (exact) mass is 609 g/mol. The maximum absolute atomic E-state index is 13.7. The normalized spacial score (nSPS) is 13.4. The van der Waals surface area contributed by atoms with Gasteiger partial charge in [-0.1, -0.05) is 48.5 Å². The number of carbonyl (C=O) groups is 4. The average molecular weight is 610 g/mol. The van der Waals surface area contributed by atoms with Crippen LogP contribution in [0.3, 0.4) is 0 Å². The van der Waals surface area contributed by atoms with Crippen molar-refractivity contribution in [1.29, 1.82) is 0 Å². The molecule has 0 bridgehead atoms. The van der Waals surface area contributed by atoms with E-state index in [9.17, 15) is 24.3 Å². The molecular formula is C35H39N5O5. The van der Waals surface area contributed by atoms with Crippen molar-refractivity contribution in [3.8, 4) is 0 Å². The van der Waals surface area contributed by atoms with E-state index in [-0.39, 0.29) is 24.4 Å². The lowest BCUT2D eigenvalue weighted by molar-refractivity contribution is -0.126. The Morgan fingerprint density at radius 2 is 1.60 bits per heavy atom. The second kappa shape index (κ2) is 14.7. The van der Waals surface area contributed by atoms with Gasteiger partial charge < -0.3 is 21.5 Å². The van der Waals surface area contributed by atoms with Crippen molar-refractivity contribution in [3.63, 3.8) is 0 Å². The lowest BCUT2D eigenvalue weighted by Crippen LogP contribution is -2.45. The summed E-state index contributed by atoms with van der Waals surface area (Å²) in [6.45, 7) is 5.65. The van der Waals surface area contributed by atoms with Gasteiger partial charge in [-0.05, 0) is 74.9 Å². The third-order valence-electron chi connectivity index (χ3n) is 7.34. The number of aromatic nitrogens is 2. The number of amides is 3. The first-order valence-electron chi connectivity index (χ1n) is 14.8. The summed E-state index contributed by atoms with van der Waals surface area (Å²) in [5, 5.41) is 18.0. The molecule has 0 radical (unpaired) electrons. The number of fused-ring (bicyclic) bond motifs is 1. The Bertz CT molecular complexity index is 1670. The Balaban J connectivity index is 1.56. The highest BCUT2D eigenvalue weighted by Gasteiger charge is 2.30. The standard InChI is InChI=1S/C35H39N5O5/c1-35(2,3)40-33(44)26-12-6-4-11-24(26)18-30(41)25(17-22-9-8-16-37-21-22)19-31(42)29(20-32(36)43)39-34(45)28-15-14-23-10-5-7-13-27(23)38-28/h4-16,21,25,29-30,41H,17-20H2,1-3H3,(H2,36,43)(H,39,45)(H,40,44)/t25-,29-,30+/m0/s1. The van der Waals surface area contributed by atoms with E-state index in [2.05, 4.69) is 20.6 Å². The maximum atomic E-state index is 13.7. The molecule has 2 aromatic carbocycles. The Morgan fingerprint density at radius 3 is 2.31 bits per heavy atom. The molecule has 10 nitrogen and oxygen atoms in total. The summed E-state index contributed by atoms with van der Waals surface area (Å²) in [7, 11) is 0. The van der Waals surface area contributed by atoms with Gasteiger partial charge in [-0.2, -0.15) is 0 Å². The van der Waals surface area contributed by atoms with Gasteiger partial charge in [-0.25, -0.2) is 4.98 Å². The number of aliphatic hydroxyl groups is 1. The van der Waals surface area contributed by atoms with Crippen molar-refractivity contribution in [2.24, 2.45) is 11.7 Å². The SMILES string of the molecule is CC(C)(C)NC(=O)c1ccccc1C[C@@H](O)[C@H](CC(=O)[C@H](CC(N)=O)NC(=O)c1ccc2ccccc2n1)Cc1cccnc1. The number of aliphatic hydroxyl groups excluding tert-OH is 1. The molecule has 0 saturated heterocycles. The molecule has 0 unspecified atom stereocenters. The molecule has 0 fully saturated rings. The fraction of sp³-hybridized carbons (Fsp3) is 0.314. The number of nitrogens with zero attached hydrogens (tertiary/aromatic N) is 2. The fourth-order valence-corrected chi connectivity index (χ4v) is 5.16. The summed E-state index contributed by atoms with van der Waals surface area (Å²) in [4.78, 5) is 60.4. The molecule has 0 spiro atoms. The molecule has 45 heavy (non-hydrogen) atoms. The first-order valence-corrected chi connectivity index (χ1v) is 14.8. The summed E-state index contributed by atoms with van der Waals surface area (Å²) >= 11 is 0. The molecule has 3 amide bonds. The lowest BCUT2D eigenvalue weighted by Gasteiger charge is -2.26. The Labute approximate surface area is 262 Å². The van der Waals surface area contributed by atoms with Crippen LogP contribution in [0, 0.1) is 5.92 Å². The van der Waals surface area contributed by atoms with E-state index in [0.29, 0.717) is 23.1 Å². The van der Waals surface area contributed by atoms with Gasteiger partial charge in [0.25, 0.3) is 11.8 Å². The van der Waals surface area contributed by atoms with Crippen molar-refractivity contribution in [3.05, 3.63) is 108 Å². The summed E-state index contributed by atoms with van der Waals surface area (Å²) in [6.07, 6.45) is 2.04. The van der Waals surface area contributed by atoms with Gasteiger partial charge in [0.05, 0.1) is 24.1 Å². The zero-order valence-corrected chi connectivity index (χ0v) is 25.7. The predicted octanol–water partition coefficient (Wildman–Crippen LogP) is 3.55. The zero-order chi connectivity index (χ0) is 32.6. The Morgan fingerprint density at radius 1 is 0.867 bits per heavy atom. The topological polar surface area (TPSA) is 164 Å². The van der Waals surface area contributed by atoms with Crippen LogP contribution in [-0.4, -0.2) is 56.3 Å². The average Bonchev–Trinajstić information content (AvgIpc) is 2.99. The van der Waals surface area contributed by atoms with Crippen LogP contribution in [0.2, 0.25) is 0 Å². The number of hydrogen-bond donors (Lipinski definition) is 4. The van der Waals surface area contributed by atoms with Crippen LogP contribution in [0.1, 0.15) is 65.6 Å². The van der Waals surface area contributed by atoms with Crippen LogP contribution in [-0.2, 0) is 22.4 Å². The Kier molecular flexibility index (Phi) is 10.7. The highest BCUT2D eigenvalue weighted by atomic mass is 16.3. The number of primary amides is 1. The zero-order valence-electron chi connectivity index (χ0n) is 25.7. The van der Waals surface area contributed by atoms with Gasteiger partial charge in [0, 0.05) is 35.3 Å². The quantitative estimate of drug-likeness (QED) is 0.180. The molecule has 0 saturated carbocycles. The van der Waals surface area contributed by atoms with E-state index >= 15 is 0 Å². The number of para-hydroxylation sites is 1. The predicted molar refractivity (Wildman–Crippen MR) is 171 cm³/mol. The van der Waals surface area contributed by atoms with Crippen LogP contribution >= 0.6 is 0 Å². The third kappa shape index (κ3) is 9.51. The summed E-state index contributed by atoms with van der Waals surface area (Å²) < 4.78 is 0. The molecule has 2 aromatic heterocycles. The second-order valence-electron chi connectivity index (χ2n) is 12.2. The number of Topliss-reactive ketones (excluding diaryl/α,β-unsaturated/α-hetero) is 1. The number of pyridine rings is 2. The number of carbonyl (C=O) groups excluding carboxylic acids is 4. The van der Waals surface area contributed by atoms with Crippen molar-refractivity contribution >= 4 is 34.4 Å². The first kappa shape index (κ1) is 32.9. The highest BCUT2D eigenvalue weighted by Crippen LogP contribution is 2.23. The lowest BCUT2D eigenvalue weighted by atomic mass is 9.84. The Hall–Kier alpha value is -4.96. The number of ketones is 1. The molecule has 4 aromatic rings. The molecule has 10 heteroatoms. The van der Waals surface area contributed by atoms with Crippen molar-refractivity contribution in [2.75, 3.05) is 0 Å². The minimum Gasteiger partial charge on any atom is -0.392 e. The van der Waals surface area contributed by atoms with Gasteiger partial charge in [-0.3, -0.25) is 24.2 Å². The van der Waals surface area contributed by atoms with E-state index in [1.165, 1.54) is 0 Å². The van der Waals surface area contributed by atoms with Gasteiger partial charge in [0.2, 0.25) is 5.91 Å². The van der Waals surface area contributed by atoms with E-state index in [4.69, 9.17) is 5.73 Å². The number of hydrogen-bond acceptors (Lipinski definition) is 7. The van der Waals surface area contributed by atoms with Crippen LogP contribution in [0.25, 0.3) is 10.9 Å². The van der Waals surface area contributed by atoms with E-state index < -0.39 is 47.6 Å². The van der Waals surface area contributed by atoms with Crippen LogP contribution < -0.4 is 16.4 Å². The van der Waals surface area contributed by atoms with E-state index in [1.807, 2.05) is 39.0 Å². The first-order chi connectivity index (χ1) is 21.4. The molecule has 0 aliphatic carbocycles. The van der Waals surface area contributed by atoms with Gasteiger partial charge in [-0.15, -0.1) is 0 Å². The fourth-order valence-electron chi connectivity index (χ4n) is 5.16. The summed E-state index contributed by atoms with van der Waals surface area (Å²) in [6, 6.07) is 20.0. The number of nitrogens with two attached hydrogens (primary N) is 1. The number of benzene rings is 2. The molecule has 0 aliphatic rings. The summed E-state index contributed by atoms with van der Waals surface area (Å²) in [5.74, 6) is -2.75. The van der Waals surface area contributed by atoms with E-state index in [1.54, 1.807) is 67.0 Å². The molecular weight excluding hydrogens is 570 g/mol. The highest BCUT2D eigenvalue weighted by molar-refractivity contribution is 5.99. The molecule has 4 rings (SSSR count). The van der Waals surface area contributed by atoms with Crippen molar-refractivity contribution < 1.29 is 24.3 Å². The van der Waals surface area contributed by atoms with E-state index in [0.717, 1.165) is 10.9 Å². The maximum Gasteiger partial charge on any atom is 0.270 e. The van der Waals surface area contributed by atoms with Crippen LogP contribution in [0.4, 0.5) is 0 Å². The summed E-state index contributed by atoms with van der Waals surface area (Å²) in [5.41, 5.74) is 7.56. The van der Waals surface area contributed by atoms with Gasteiger partial charge in [0.15, 0.2) is 5.78 Å². The molecule has 234 valence electrons. The van der Waals surface area contributed by atoms with Crippen molar-refractivity contribution in [1.82, 2.24) is 20.6 Å². The number of nitrogens with one attached hydrogen (secondary N) is 2. The second-order valence-corrected chi connectivity index (χ2v) is 12.2. The van der Waals surface area contributed by atoms with Crippen molar-refractivity contribution in [2.45, 2.75) is 64.1 Å². The minimum absolute atomic E-state index is 0.0908. The van der Waals surface area contributed by atoms with Crippen LogP contribution in [0.5, 0.6) is 0 Å². The molecule has 2 heterocycles. The number of rotatable bonds is 13. The molecule has 3 atom stereocenters. The molecule has 0 aliphatic heterocycles. The largest absolute Gasteiger partial charge is 0.392 e. The van der Waals surface area contributed by atoms with Crippen LogP contribution in [0.15, 0.2) is 85.2 Å². The van der Waals surface area contributed by atoms with Gasteiger partial charge >= 0.3 is 0 Å². The smallest absolute Gasteiger partial charge is 0.270 e. The van der Waals surface area contributed by atoms with Gasteiger partial charge in [0.1, 0.15) is 5.69 Å². The minimum atomic E-state index is -1.23. The molecule has 5 N–H and O–H groups in total.